The quantitative estimate of drug-likeness (QED) is 0.779. The van der Waals surface area contributed by atoms with Crippen LogP contribution in [-0.4, -0.2) is 19.0 Å². The van der Waals surface area contributed by atoms with E-state index in [0.29, 0.717) is 10.7 Å². The summed E-state index contributed by atoms with van der Waals surface area (Å²) < 4.78 is 0. The fourth-order valence-electron chi connectivity index (χ4n) is 1.86. The summed E-state index contributed by atoms with van der Waals surface area (Å²) in [6.45, 7) is 5.02. The van der Waals surface area contributed by atoms with Gasteiger partial charge < -0.3 is 16.4 Å². The van der Waals surface area contributed by atoms with Crippen molar-refractivity contribution in [3.05, 3.63) is 22.7 Å². The molecule has 0 aliphatic rings. The van der Waals surface area contributed by atoms with Gasteiger partial charge in [0.05, 0.1) is 17.3 Å². The minimum Gasteiger partial charge on any atom is -0.398 e. The summed E-state index contributed by atoms with van der Waals surface area (Å²) >= 11 is 6.03. The number of nitrogen functional groups attached to an aromatic ring is 1. The summed E-state index contributed by atoms with van der Waals surface area (Å²) in [5, 5.41) is 0.501. The molecule has 0 aromatic heterocycles. The Labute approximate surface area is 113 Å². The highest BCUT2D eigenvalue weighted by atomic mass is 35.5. The molecule has 0 atom stereocenters. The van der Waals surface area contributed by atoms with Crippen molar-refractivity contribution in [2.24, 2.45) is 5.73 Å². The molecule has 0 aliphatic carbocycles. The van der Waals surface area contributed by atoms with Gasteiger partial charge in [0.15, 0.2) is 0 Å². The van der Waals surface area contributed by atoms with Crippen LogP contribution in [0.4, 0.5) is 11.4 Å². The van der Waals surface area contributed by atoms with Crippen LogP contribution in [0.15, 0.2) is 12.1 Å². The Kier molecular flexibility index (Phi) is 5.28. The van der Waals surface area contributed by atoms with Gasteiger partial charge >= 0.3 is 0 Å². The van der Waals surface area contributed by atoms with Crippen LogP contribution < -0.4 is 16.4 Å². The number of benzene rings is 1. The molecule has 18 heavy (non-hydrogen) atoms. The van der Waals surface area contributed by atoms with Gasteiger partial charge in [-0.3, -0.25) is 4.79 Å². The maximum Gasteiger partial charge on any atom is 0.236 e. The number of carbonyl (C=O) groups excluding carboxylic acids is 1. The van der Waals surface area contributed by atoms with Crippen molar-refractivity contribution in [3.63, 3.8) is 0 Å². The number of halogens is 1. The number of rotatable bonds is 6. The maximum absolute atomic E-state index is 11.1. The molecular formula is C13H20ClN3O. The van der Waals surface area contributed by atoms with E-state index in [1.165, 1.54) is 0 Å². The number of unbranched alkanes of at least 4 members (excludes halogenated alkanes) is 1. The van der Waals surface area contributed by atoms with Crippen LogP contribution in [0.2, 0.25) is 5.02 Å². The Morgan fingerprint density at radius 2 is 2.11 bits per heavy atom. The van der Waals surface area contributed by atoms with Crippen molar-refractivity contribution in [1.82, 2.24) is 0 Å². The predicted octanol–water partition coefficient (Wildman–Crippen LogP) is 2.32. The van der Waals surface area contributed by atoms with Crippen molar-refractivity contribution < 1.29 is 4.79 Å². The largest absolute Gasteiger partial charge is 0.398 e. The predicted molar refractivity (Wildman–Crippen MR) is 76.9 cm³/mol. The lowest BCUT2D eigenvalue weighted by molar-refractivity contribution is -0.116. The van der Waals surface area contributed by atoms with Crippen LogP contribution in [-0.2, 0) is 4.79 Å². The van der Waals surface area contributed by atoms with Gasteiger partial charge in [0, 0.05) is 12.2 Å². The third kappa shape index (κ3) is 3.81. The second-order valence-electron chi connectivity index (χ2n) is 4.40. The molecule has 0 spiro atoms. The van der Waals surface area contributed by atoms with Gasteiger partial charge in [0.1, 0.15) is 0 Å². The lowest BCUT2D eigenvalue weighted by Gasteiger charge is -2.25. The Bertz CT molecular complexity index is 434. The van der Waals surface area contributed by atoms with Crippen molar-refractivity contribution in [3.8, 4) is 0 Å². The van der Waals surface area contributed by atoms with E-state index < -0.39 is 0 Å². The molecule has 4 nitrogen and oxygen atoms in total. The average Bonchev–Trinajstić information content (AvgIpc) is 2.29. The van der Waals surface area contributed by atoms with Crippen molar-refractivity contribution >= 4 is 28.9 Å². The normalized spacial score (nSPS) is 10.4. The van der Waals surface area contributed by atoms with E-state index >= 15 is 0 Å². The van der Waals surface area contributed by atoms with E-state index in [9.17, 15) is 4.79 Å². The Hall–Kier alpha value is -1.42. The zero-order valence-corrected chi connectivity index (χ0v) is 11.6. The fraction of sp³-hybridized carbons (Fsp3) is 0.462. The van der Waals surface area contributed by atoms with E-state index in [1.807, 2.05) is 17.9 Å². The molecule has 1 aromatic rings. The SMILES string of the molecule is CCCCN(CC(N)=O)c1cc(Cl)c(N)cc1C. The molecule has 1 amide bonds. The van der Waals surface area contributed by atoms with E-state index in [-0.39, 0.29) is 12.5 Å². The van der Waals surface area contributed by atoms with Gasteiger partial charge in [-0.05, 0) is 31.0 Å². The highest BCUT2D eigenvalue weighted by molar-refractivity contribution is 6.33. The monoisotopic (exact) mass is 269 g/mol. The first-order valence-corrected chi connectivity index (χ1v) is 6.42. The molecule has 5 heteroatoms. The van der Waals surface area contributed by atoms with E-state index in [2.05, 4.69) is 6.92 Å². The minimum absolute atomic E-state index is 0.196. The van der Waals surface area contributed by atoms with Crippen LogP contribution in [0, 0.1) is 6.92 Å². The smallest absolute Gasteiger partial charge is 0.236 e. The van der Waals surface area contributed by atoms with Crippen LogP contribution in [0.5, 0.6) is 0 Å². The summed E-state index contributed by atoms with van der Waals surface area (Å²) in [5.41, 5.74) is 13.5. The average molecular weight is 270 g/mol. The van der Waals surface area contributed by atoms with Gasteiger partial charge in [-0.15, -0.1) is 0 Å². The number of hydrogen-bond donors (Lipinski definition) is 2. The number of hydrogen-bond acceptors (Lipinski definition) is 3. The molecule has 0 saturated heterocycles. The van der Waals surface area contributed by atoms with E-state index in [0.717, 1.165) is 30.6 Å². The third-order valence-electron chi connectivity index (χ3n) is 2.78. The molecule has 0 unspecified atom stereocenters. The van der Waals surface area contributed by atoms with Crippen molar-refractivity contribution in [2.75, 3.05) is 23.7 Å². The van der Waals surface area contributed by atoms with E-state index in [1.54, 1.807) is 6.07 Å². The maximum atomic E-state index is 11.1. The molecule has 0 bridgehead atoms. The lowest BCUT2D eigenvalue weighted by atomic mass is 10.1. The van der Waals surface area contributed by atoms with Crippen molar-refractivity contribution in [2.45, 2.75) is 26.7 Å². The molecule has 0 saturated carbocycles. The summed E-state index contributed by atoms with van der Waals surface area (Å²) in [6, 6.07) is 3.61. The van der Waals surface area contributed by atoms with Gasteiger partial charge in [-0.2, -0.15) is 0 Å². The summed E-state index contributed by atoms with van der Waals surface area (Å²) in [4.78, 5) is 13.1. The molecule has 0 aliphatic heterocycles. The number of carbonyl (C=O) groups is 1. The topological polar surface area (TPSA) is 72.3 Å². The molecule has 0 radical (unpaired) electrons. The molecule has 4 N–H and O–H groups in total. The van der Waals surface area contributed by atoms with Crippen LogP contribution in [0.3, 0.4) is 0 Å². The van der Waals surface area contributed by atoms with Gasteiger partial charge in [0.2, 0.25) is 5.91 Å². The van der Waals surface area contributed by atoms with Crippen LogP contribution >= 0.6 is 11.6 Å². The minimum atomic E-state index is -0.349. The summed E-state index contributed by atoms with van der Waals surface area (Å²) in [7, 11) is 0. The molecule has 0 heterocycles. The van der Waals surface area contributed by atoms with Crippen molar-refractivity contribution in [1.29, 1.82) is 0 Å². The second kappa shape index (κ2) is 6.50. The van der Waals surface area contributed by atoms with Crippen LogP contribution in [0.1, 0.15) is 25.3 Å². The summed E-state index contributed by atoms with van der Waals surface area (Å²) in [5.74, 6) is -0.349. The molecular weight excluding hydrogens is 250 g/mol. The molecule has 1 aromatic carbocycles. The first kappa shape index (κ1) is 14.6. The number of nitrogens with zero attached hydrogens (tertiary/aromatic N) is 1. The number of amides is 1. The number of anilines is 2. The number of primary amides is 1. The van der Waals surface area contributed by atoms with Gasteiger partial charge in [-0.1, -0.05) is 24.9 Å². The Morgan fingerprint density at radius 1 is 1.44 bits per heavy atom. The fourth-order valence-corrected chi connectivity index (χ4v) is 2.01. The zero-order valence-electron chi connectivity index (χ0n) is 10.9. The second-order valence-corrected chi connectivity index (χ2v) is 4.81. The highest BCUT2D eigenvalue weighted by Gasteiger charge is 2.13. The first-order valence-electron chi connectivity index (χ1n) is 6.04. The number of aryl methyl sites for hydroxylation is 1. The Morgan fingerprint density at radius 3 is 2.67 bits per heavy atom. The lowest BCUT2D eigenvalue weighted by Crippen LogP contribution is -2.35. The third-order valence-corrected chi connectivity index (χ3v) is 3.11. The molecule has 100 valence electrons. The van der Waals surface area contributed by atoms with Gasteiger partial charge in [-0.25, -0.2) is 0 Å². The van der Waals surface area contributed by atoms with Crippen LogP contribution in [0.25, 0.3) is 0 Å². The summed E-state index contributed by atoms with van der Waals surface area (Å²) in [6.07, 6.45) is 2.05. The Balaban J connectivity index is 3.03. The van der Waals surface area contributed by atoms with E-state index in [4.69, 9.17) is 23.1 Å². The highest BCUT2D eigenvalue weighted by Crippen LogP contribution is 2.29. The first-order chi connectivity index (χ1) is 8.45. The molecule has 1 rings (SSSR count). The molecule has 0 fully saturated rings. The standard InChI is InChI=1S/C13H20ClN3O/c1-3-4-5-17(8-13(16)18)12-7-10(14)11(15)6-9(12)2/h6-7H,3-5,8,15H2,1-2H3,(H2,16,18). The zero-order chi connectivity index (χ0) is 13.7. The number of nitrogens with two attached hydrogens (primary N) is 2. The van der Waals surface area contributed by atoms with Gasteiger partial charge in [0.25, 0.3) is 0 Å².